The molecule has 0 aromatic heterocycles. The number of fused-ring (bicyclic) bond motifs is 1. The fourth-order valence-electron chi connectivity index (χ4n) is 1.83. The van der Waals surface area contributed by atoms with E-state index >= 15 is 0 Å². The molecule has 1 aromatic carbocycles. The summed E-state index contributed by atoms with van der Waals surface area (Å²) in [5, 5.41) is 2.55. The molecule has 1 N–H and O–H groups in total. The SMILES string of the molecule is CNCC(c1cccc2c1OCO2)C(F)(F)F. The maximum absolute atomic E-state index is 12.9. The van der Waals surface area contributed by atoms with Gasteiger partial charge in [-0.15, -0.1) is 0 Å². The molecule has 0 spiro atoms. The summed E-state index contributed by atoms with van der Waals surface area (Å²) in [5.74, 6) is -1.03. The van der Waals surface area contributed by atoms with E-state index in [-0.39, 0.29) is 24.7 Å². The van der Waals surface area contributed by atoms with Gasteiger partial charge in [0, 0.05) is 12.1 Å². The summed E-state index contributed by atoms with van der Waals surface area (Å²) in [5.41, 5.74) is 0.113. The van der Waals surface area contributed by atoms with Crippen LogP contribution in [0.15, 0.2) is 18.2 Å². The zero-order chi connectivity index (χ0) is 12.5. The summed E-state index contributed by atoms with van der Waals surface area (Å²) < 4.78 is 48.9. The van der Waals surface area contributed by atoms with Gasteiger partial charge in [0.25, 0.3) is 0 Å². The molecule has 1 atom stereocenters. The number of likely N-dealkylation sites (N-methyl/N-ethyl adjacent to an activating group) is 1. The minimum Gasteiger partial charge on any atom is -0.454 e. The third kappa shape index (κ3) is 2.31. The van der Waals surface area contributed by atoms with Crippen molar-refractivity contribution in [2.45, 2.75) is 12.1 Å². The van der Waals surface area contributed by atoms with Gasteiger partial charge in [0.2, 0.25) is 6.79 Å². The monoisotopic (exact) mass is 247 g/mol. The lowest BCUT2D eigenvalue weighted by Crippen LogP contribution is -2.30. The van der Waals surface area contributed by atoms with E-state index in [4.69, 9.17) is 9.47 Å². The molecule has 1 unspecified atom stereocenters. The molecule has 94 valence electrons. The Balaban J connectivity index is 2.40. The van der Waals surface area contributed by atoms with E-state index in [1.807, 2.05) is 0 Å². The second-order valence-electron chi connectivity index (χ2n) is 3.73. The van der Waals surface area contributed by atoms with Crippen LogP contribution in [-0.4, -0.2) is 26.6 Å². The Bertz CT molecular complexity index is 406. The highest BCUT2D eigenvalue weighted by molar-refractivity contribution is 5.50. The number of rotatable bonds is 3. The molecule has 0 fully saturated rings. The fraction of sp³-hybridized carbons (Fsp3) is 0.455. The van der Waals surface area contributed by atoms with Gasteiger partial charge in [-0.1, -0.05) is 12.1 Å². The highest BCUT2D eigenvalue weighted by atomic mass is 19.4. The summed E-state index contributed by atoms with van der Waals surface area (Å²) in [6.07, 6.45) is -4.32. The molecule has 0 saturated heterocycles. The lowest BCUT2D eigenvalue weighted by molar-refractivity contribution is -0.149. The number of alkyl halides is 3. The Morgan fingerprint density at radius 3 is 2.76 bits per heavy atom. The number of hydrogen-bond donors (Lipinski definition) is 1. The Morgan fingerprint density at radius 2 is 2.12 bits per heavy atom. The summed E-state index contributed by atoms with van der Waals surface area (Å²) in [6.45, 7) is -0.222. The van der Waals surface area contributed by atoms with Gasteiger partial charge in [0.15, 0.2) is 11.5 Å². The number of nitrogens with one attached hydrogen (secondary N) is 1. The quantitative estimate of drug-likeness (QED) is 0.888. The van der Waals surface area contributed by atoms with Crippen molar-refractivity contribution in [1.29, 1.82) is 0 Å². The van der Waals surface area contributed by atoms with Gasteiger partial charge < -0.3 is 14.8 Å². The van der Waals surface area contributed by atoms with Crippen molar-refractivity contribution < 1.29 is 22.6 Å². The predicted octanol–water partition coefficient (Wildman–Crippen LogP) is 2.28. The topological polar surface area (TPSA) is 30.5 Å². The van der Waals surface area contributed by atoms with Crippen LogP contribution < -0.4 is 14.8 Å². The first kappa shape index (κ1) is 12.0. The summed E-state index contributed by atoms with van der Waals surface area (Å²) in [4.78, 5) is 0. The second-order valence-corrected chi connectivity index (χ2v) is 3.73. The van der Waals surface area contributed by atoms with Crippen molar-refractivity contribution in [3.8, 4) is 11.5 Å². The summed E-state index contributed by atoms with van der Waals surface area (Å²) in [6, 6.07) is 4.55. The Labute approximate surface area is 96.5 Å². The van der Waals surface area contributed by atoms with E-state index in [2.05, 4.69) is 5.32 Å². The van der Waals surface area contributed by atoms with Crippen LogP contribution in [0.4, 0.5) is 13.2 Å². The third-order valence-electron chi connectivity index (χ3n) is 2.61. The molecule has 17 heavy (non-hydrogen) atoms. The number of para-hydroxylation sites is 1. The first-order valence-electron chi connectivity index (χ1n) is 5.14. The van der Waals surface area contributed by atoms with Crippen LogP contribution in [0, 0.1) is 0 Å². The van der Waals surface area contributed by atoms with Gasteiger partial charge >= 0.3 is 6.18 Å². The third-order valence-corrected chi connectivity index (χ3v) is 2.61. The second kappa shape index (κ2) is 4.44. The molecule has 0 bridgehead atoms. The van der Waals surface area contributed by atoms with Crippen LogP contribution in [0.5, 0.6) is 11.5 Å². The van der Waals surface area contributed by atoms with Crippen LogP contribution in [0.1, 0.15) is 11.5 Å². The first-order chi connectivity index (χ1) is 8.04. The van der Waals surface area contributed by atoms with Crippen LogP contribution in [0.25, 0.3) is 0 Å². The maximum Gasteiger partial charge on any atom is 0.397 e. The van der Waals surface area contributed by atoms with Gasteiger partial charge in [-0.25, -0.2) is 0 Å². The summed E-state index contributed by atoms with van der Waals surface area (Å²) in [7, 11) is 1.49. The van der Waals surface area contributed by atoms with E-state index < -0.39 is 12.1 Å². The smallest absolute Gasteiger partial charge is 0.397 e. The van der Waals surface area contributed by atoms with Gasteiger partial charge in [-0.2, -0.15) is 13.2 Å². The number of hydrogen-bond acceptors (Lipinski definition) is 3. The molecule has 0 radical (unpaired) electrons. The van der Waals surface area contributed by atoms with E-state index in [9.17, 15) is 13.2 Å². The van der Waals surface area contributed by atoms with Crippen molar-refractivity contribution in [3.05, 3.63) is 23.8 Å². The van der Waals surface area contributed by atoms with Crippen LogP contribution in [-0.2, 0) is 0 Å². The standard InChI is InChI=1S/C11H12F3NO2/c1-15-5-8(11(12,13)14)7-3-2-4-9-10(7)17-6-16-9/h2-4,8,15H,5-6H2,1H3. The first-order valence-corrected chi connectivity index (χ1v) is 5.14. The van der Waals surface area contributed by atoms with Crippen molar-refractivity contribution in [3.63, 3.8) is 0 Å². The van der Waals surface area contributed by atoms with Gasteiger partial charge in [-0.05, 0) is 13.1 Å². The highest BCUT2D eigenvalue weighted by Crippen LogP contribution is 2.44. The largest absolute Gasteiger partial charge is 0.454 e. The molecule has 6 heteroatoms. The van der Waals surface area contributed by atoms with Crippen molar-refractivity contribution in [2.24, 2.45) is 0 Å². The Morgan fingerprint density at radius 1 is 1.35 bits per heavy atom. The van der Waals surface area contributed by atoms with E-state index in [1.165, 1.54) is 19.2 Å². The van der Waals surface area contributed by atoms with Crippen LogP contribution >= 0.6 is 0 Å². The molecular weight excluding hydrogens is 235 g/mol. The van der Waals surface area contributed by atoms with Crippen LogP contribution in [0.3, 0.4) is 0 Å². The minimum absolute atomic E-state index is 0.0313. The molecular formula is C11H12F3NO2. The molecule has 3 nitrogen and oxygen atoms in total. The fourth-order valence-corrected chi connectivity index (χ4v) is 1.83. The molecule has 1 aliphatic heterocycles. The predicted molar refractivity (Wildman–Crippen MR) is 55.3 cm³/mol. The van der Waals surface area contributed by atoms with Gasteiger partial charge in [0.1, 0.15) is 0 Å². The molecule has 0 saturated carbocycles. The normalized spacial score (nSPS) is 16.0. The summed E-state index contributed by atoms with van der Waals surface area (Å²) >= 11 is 0. The van der Waals surface area contributed by atoms with Crippen LogP contribution in [0.2, 0.25) is 0 Å². The average molecular weight is 247 g/mol. The van der Waals surface area contributed by atoms with E-state index in [0.717, 1.165) is 0 Å². The Kier molecular flexibility index (Phi) is 3.15. The van der Waals surface area contributed by atoms with Gasteiger partial charge in [0.05, 0.1) is 5.92 Å². The molecule has 1 aliphatic rings. The lowest BCUT2D eigenvalue weighted by Gasteiger charge is -2.21. The number of ether oxygens (including phenoxy) is 2. The van der Waals surface area contributed by atoms with Crippen molar-refractivity contribution >= 4 is 0 Å². The number of halogens is 3. The minimum atomic E-state index is -4.32. The van der Waals surface area contributed by atoms with Gasteiger partial charge in [-0.3, -0.25) is 0 Å². The highest BCUT2D eigenvalue weighted by Gasteiger charge is 2.42. The molecule has 1 heterocycles. The van der Waals surface area contributed by atoms with Crippen molar-refractivity contribution in [2.75, 3.05) is 20.4 Å². The Hall–Kier alpha value is -1.43. The van der Waals surface area contributed by atoms with Crippen molar-refractivity contribution in [1.82, 2.24) is 5.32 Å². The number of benzene rings is 1. The lowest BCUT2D eigenvalue weighted by atomic mass is 9.97. The molecule has 0 aliphatic carbocycles. The zero-order valence-corrected chi connectivity index (χ0v) is 9.17. The van der Waals surface area contributed by atoms with E-state index in [0.29, 0.717) is 5.75 Å². The van der Waals surface area contributed by atoms with E-state index in [1.54, 1.807) is 6.07 Å². The average Bonchev–Trinajstić information content (AvgIpc) is 2.72. The molecule has 0 amide bonds. The zero-order valence-electron chi connectivity index (χ0n) is 9.17. The maximum atomic E-state index is 12.9. The molecule has 2 rings (SSSR count). The molecule has 1 aromatic rings.